The number of hydrogen-bond donors (Lipinski definition) is 3. The molecule has 0 amide bonds. The van der Waals surface area contributed by atoms with Crippen molar-refractivity contribution in [3.8, 4) is 11.5 Å². The normalized spacial score (nSPS) is 14.1. The van der Waals surface area contributed by atoms with Crippen LogP contribution in [0.4, 0.5) is 0 Å². The maximum Gasteiger partial charge on any atom is 0.152 e. The Labute approximate surface area is 128 Å². The van der Waals surface area contributed by atoms with E-state index in [1.807, 2.05) is 19.1 Å². The second-order valence-electron chi connectivity index (χ2n) is 5.54. The van der Waals surface area contributed by atoms with Gasteiger partial charge >= 0.3 is 0 Å². The lowest BCUT2D eigenvalue weighted by Gasteiger charge is -2.21. The molecule has 3 rings (SSSR count). The molecule has 6 nitrogen and oxygen atoms in total. The number of nitrogens with zero attached hydrogens (tertiary/aromatic N) is 1. The lowest BCUT2D eigenvalue weighted by molar-refractivity contribution is 0.0340. The van der Waals surface area contributed by atoms with E-state index in [1.165, 1.54) is 0 Å². The van der Waals surface area contributed by atoms with Crippen LogP contribution in [-0.2, 0) is 12.1 Å². The summed E-state index contributed by atoms with van der Waals surface area (Å²) < 4.78 is 10.9. The Kier molecular flexibility index (Phi) is 3.87. The van der Waals surface area contributed by atoms with Crippen LogP contribution in [0.15, 0.2) is 45.6 Å². The average molecular weight is 301 g/mol. The molecule has 22 heavy (non-hydrogen) atoms. The smallest absolute Gasteiger partial charge is 0.152 e. The van der Waals surface area contributed by atoms with Gasteiger partial charge in [0.2, 0.25) is 0 Å². The summed E-state index contributed by atoms with van der Waals surface area (Å²) in [5.74, 6) is 2.14. The van der Waals surface area contributed by atoms with Gasteiger partial charge in [-0.3, -0.25) is 5.10 Å². The van der Waals surface area contributed by atoms with Gasteiger partial charge in [-0.15, -0.1) is 0 Å². The predicted molar refractivity (Wildman–Crippen MR) is 81.0 cm³/mol. The van der Waals surface area contributed by atoms with Crippen LogP contribution in [-0.4, -0.2) is 21.8 Å². The van der Waals surface area contributed by atoms with Gasteiger partial charge in [0.1, 0.15) is 22.8 Å². The van der Waals surface area contributed by atoms with Crippen molar-refractivity contribution >= 4 is 0 Å². The third-order valence-corrected chi connectivity index (χ3v) is 3.54. The Balaban J connectivity index is 1.64. The predicted octanol–water partition coefficient (Wildman–Crippen LogP) is 2.57. The summed E-state index contributed by atoms with van der Waals surface area (Å²) in [7, 11) is 0. The summed E-state index contributed by atoms with van der Waals surface area (Å²) in [6.45, 7) is 4.54. The van der Waals surface area contributed by atoms with Crippen LogP contribution in [0.5, 0.6) is 0 Å². The van der Waals surface area contributed by atoms with Crippen molar-refractivity contribution in [1.82, 2.24) is 15.5 Å². The van der Waals surface area contributed by atoms with Gasteiger partial charge in [0.25, 0.3) is 0 Å². The lowest BCUT2D eigenvalue weighted by Crippen LogP contribution is -2.34. The van der Waals surface area contributed by atoms with E-state index in [9.17, 15) is 5.11 Å². The highest BCUT2D eigenvalue weighted by Gasteiger charge is 2.25. The second kappa shape index (κ2) is 5.82. The molecular weight excluding hydrogens is 282 g/mol. The molecule has 3 heterocycles. The van der Waals surface area contributed by atoms with Crippen molar-refractivity contribution in [2.24, 2.45) is 0 Å². The second-order valence-corrected chi connectivity index (χ2v) is 5.54. The van der Waals surface area contributed by atoms with Gasteiger partial charge in [-0.2, -0.15) is 5.10 Å². The van der Waals surface area contributed by atoms with E-state index in [1.54, 1.807) is 31.5 Å². The van der Waals surface area contributed by atoms with Crippen molar-refractivity contribution in [3.63, 3.8) is 0 Å². The van der Waals surface area contributed by atoms with Crippen LogP contribution in [0.1, 0.15) is 24.0 Å². The summed E-state index contributed by atoms with van der Waals surface area (Å²) in [5.41, 5.74) is 0.761. The van der Waals surface area contributed by atoms with E-state index < -0.39 is 5.60 Å². The molecule has 0 spiro atoms. The van der Waals surface area contributed by atoms with Gasteiger partial charge in [0.05, 0.1) is 12.5 Å². The minimum absolute atomic E-state index is 0.363. The number of H-pyrrole nitrogens is 1. The standard InChI is InChI=1S/C16H19N3O3/c1-11-5-6-13(22-11)15-12(9-18-19-15)8-17-10-16(2,20)14-4-3-7-21-14/h3-7,9,17,20H,8,10H2,1-2H3,(H,18,19). The van der Waals surface area contributed by atoms with E-state index in [-0.39, 0.29) is 0 Å². The maximum absolute atomic E-state index is 10.4. The molecule has 0 bridgehead atoms. The van der Waals surface area contributed by atoms with E-state index in [0.717, 1.165) is 22.8 Å². The molecule has 3 aromatic heterocycles. The van der Waals surface area contributed by atoms with Gasteiger partial charge in [0, 0.05) is 18.7 Å². The minimum Gasteiger partial charge on any atom is -0.466 e. The van der Waals surface area contributed by atoms with Crippen LogP contribution < -0.4 is 5.32 Å². The molecule has 1 atom stereocenters. The third-order valence-electron chi connectivity index (χ3n) is 3.54. The van der Waals surface area contributed by atoms with Crippen molar-refractivity contribution in [2.45, 2.75) is 26.0 Å². The first kappa shape index (κ1) is 14.6. The van der Waals surface area contributed by atoms with Crippen molar-refractivity contribution < 1.29 is 13.9 Å². The zero-order valence-electron chi connectivity index (χ0n) is 12.6. The van der Waals surface area contributed by atoms with Crippen molar-refractivity contribution in [3.05, 3.63) is 53.8 Å². The topological polar surface area (TPSA) is 87.2 Å². The Hall–Kier alpha value is -2.31. The molecule has 0 aliphatic rings. The number of rotatable bonds is 6. The highest BCUT2D eigenvalue weighted by Crippen LogP contribution is 2.24. The molecule has 0 aliphatic heterocycles. The average Bonchev–Trinajstić information content (AvgIpc) is 3.18. The van der Waals surface area contributed by atoms with Gasteiger partial charge < -0.3 is 19.3 Å². The number of furan rings is 2. The van der Waals surface area contributed by atoms with Crippen molar-refractivity contribution in [1.29, 1.82) is 0 Å². The number of hydrogen-bond acceptors (Lipinski definition) is 5. The number of aromatic amines is 1. The fourth-order valence-corrected chi connectivity index (χ4v) is 2.34. The summed E-state index contributed by atoms with van der Waals surface area (Å²) >= 11 is 0. The first-order valence-corrected chi connectivity index (χ1v) is 7.12. The first-order chi connectivity index (χ1) is 10.6. The van der Waals surface area contributed by atoms with Gasteiger partial charge in [-0.05, 0) is 38.1 Å². The summed E-state index contributed by atoms with van der Waals surface area (Å²) in [6, 6.07) is 7.34. The molecule has 0 saturated carbocycles. The summed E-state index contributed by atoms with van der Waals surface area (Å²) in [4.78, 5) is 0. The van der Waals surface area contributed by atoms with Crippen LogP contribution in [0.3, 0.4) is 0 Å². The Morgan fingerprint density at radius 2 is 2.23 bits per heavy atom. The zero-order chi connectivity index (χ0) is 15.6. The molecule has 3 aromatic rings. The molecule has 6 heteroatoms. The van der Waals surface area contributed by atoms with Crippen LogP contribution in [0.25, 0.3) is 11.5 Å². The van der Waals surface area contributed by atoms with E-state index in [0.29, 0.717) is 18.8 Å². The molecule has 0 saturated heterocycles. The highest BCUT2D eigenvalue weighted by atomic mass is 16.4. The highest BCUT2D eigenvalue weighted by molar-refractivity contribution is 5.56. The number of aryl methyl sites for hydroxylation is 1. The first-order valence-electron chi connectivity index (χ1n) is 7.12. The molecular formula is C16H19N3O3. The number of nitrogens with one attached hydrogen (secondary N) is 2. The molecule has 3 N–H and O–H groups in total. The van der Waals surface area contributed by atoms with Gasteiger partial charge in [-0.1, -0.05) is 0 Å². The van der Waals surface area contributed by atoms with E-state index in [2.05, 4.69) is 15.5 Å². The Morgan fingerprint density at radius 3 is 2.91 bits per heavy atom. The van der Waals surface area contributed by atoms with Crippen molar-refractivity contribution in [2.75, 3.05) is 6.54 Å². The Morgan fingerprint density at radius 1 is 1.36 bits per heavy atom. The summed E-state index contributed by atoms with van der Waals surface area (Å²) in [5, 5.41) is 20.6. The van der Waals surface area contributed by atoms with E-state index in [4.69, 9.17) is 8.83 Å². The fraction of sp³-hybridized carbons (Fsp3) is 0.312. The molecule has 0 aliphatic carbocycles. The third kappa shape index (κ3) is 2.98. The van der Waals surface area contributed by atoms with Crippen LogP contribution in [0.2, 0.25) is 0 Å². The molecule has 0 fully saturated rings. The van der Waals surface area contributed by atoms with Crippen LogP contribution >= 0.6 is 0 Å². The minimum atomic E-state index is -1.06. The number of aliphatic hydroxyl groups is 1. The summed E-state index contributed by atoms with van der Waals surface area (Å²) in [6.07, 6.45) is 3.30. The molecule has 116 valence electrons. The SMILES string of the molecule is Cc1ccc(-c2[nH]ncc2CNCC(C)(O)c2ccco2)o1. The lowest BCUT2D eigenvalue weighted by atomic mass is 10.0. The molecule has 0 radical (unpaired) electrons. The molecule has 1 unspecified atom stereocenters. The van der Waals surface area contributed by atoms with Gasteiger partial charge in [0.15, 0.2) is 5.76 Å². The quantitative estimate of drug-likeness (QED) is 0.651. The largest absolute Gasteiger partial charge is 0.466 e. The fourth-order valence-electron chi connectivity index (χ4n) is 2.34. The Bertz CT molecular complexity index is 726. The maximum atomic E-state index is 10.4. The number of aromatic nitrogens is 2. The van der Waals surface area contributed by atoms with E-state index >= 15 is 0 Å². The van der Waals surface area contributed by atoms with Crippen LogP contribution in [0, 0.1) is 6.92 Å². The zero-order valence-corrected chi connectivity index (χ0v) is 12.6. The van der Waals surface area contributed by atoms with Gasteiger partial charge in [-0.25, -0.2) is 0 Å². The monoisotopic (exact) mass is 301 g/mol. The molecule has 0 aromatic carbocycles.